The largest absolute Gasteiger partial charge is 0.485 e. The molecule has 0 bridgehead atoms. The molecule has 0 aromatic heterocycles. The molecule has 0 spiro atoms. The van der Waals surface area contributed by atoms with Crippen molar-refractivity contribution in [3.8, 4) is 11.8 Å². The molecule has 0 aliphatic rings. The Bertz CT molecular complexity index is 397. The van der Waals surface area contributed by atoms with Crippen LogP contribution in [0.25, 0.3) is 0 Å². The number of benzene rings is 1. The summed E-state index contributed by atoms with van der Waals surface area (Å²) in [4.78, 5) is 0. The molecule has 86 valence electrons. The lowest BCUT2D eigenvalue weighted by molar-refractivity contribution is 0.223. The molecule has 1 unspecified atom stereocenters. The molecule has 0 aliphatic heterocycles. The van der Waals surface area contributed by atoms with Gasteiger partial charge in [-0.1, -0.05) is 6.07 Å². The molecular weight excluding hydrogens is 214 g/mol. The van der Waals surface area contributed by atoms with Gasteiger partial charge in [0.25, 0.3) is 0 Å². The Kier molecular flexibility index (Phi) is 3.80. The van der Waals surface area contributed by atoms with Crippen LogP contribution in [-0.2, 0) is 0 Å². The highest BCUT2D eigenvalue weighted by Crippen LogP contribution is 2.21. The van der Waals surface area contributed by atoms with Crippen LogP contribution in [0.2, 0.25) is 0 Å². The van der Waals surface area contributed by atoms with Crippen molar-refractivity contribution >= 4 is 0 Å². The first-order valence-electron chi connectivity index (χ1n) is 4.69. The monoisotopic (exact) mass is 226 g/mol. The highest BCUT2D eigenvalue weighted by Gasteiger charge is 2.23. The van der Waals surface area contributed by atoms with E-state index in [0.717, 1.165) is 12.1 Å². The number of ether oxygens (including phenoxy) is 1. The number of rotatable bonds is 4. The molecule has 0 saturated carbocycles. The van der Waals surface area contributed by atoms with Gasteiger partial charge in [-0.3, -0.25) is 5.32 Å². The SMILES string of the molecule is CNC(C)(C#N)COc1c(F)cccc1F. The number of nitrogens with zero attached hydrogens (tertiary/aromatic N) is 1. The molecule has 1 atom stereocenters. The van der Waals surface area contributed by atoms with Gasteiger partial charge in [-0.2, -0.15) is 5.26 Å². The predicted octanol–water partition coefficient (Wildman–Crippen LogP) is 1.85. The molecule has 1 rings (SSSR count). The lowest BCUT2D eigenvalue weighted by Crippen LogP contribution is -2.43. The average molecular weight is 226 g/mol. The van der Waals surface area contributed by atoms with Gasteiger partial charge >= 0.3 is 0 Å². The number of likely N-dealkylation sites (N-methyl/N-ethyl adjacent to an activating group) is 1. The number of nitrogens with one attached hydrogen (secondary N) is 1. The van der Waals surface area contributed by atoms with Crippen molar-refractivity contribution in [2.24, 2.45) is 0 Å². The molecule has 0 radical (unpaired) electrons. The third-order valence-electron chi connectivity index (χ3n) is 2.22. The van der Waals surface area contributed by atoms with Gasteiger partial charge in [-0.15, -0.1) is 0 Å². The van der Waals surface area contributed by atoms with Crippen LogP contribution in [0, 0.1) is 23.0 Å². The van der Waals surface area contributed by atoms with Crippen molar-refractivity contribution in [2.45, 2.75) is 12.5 Å². The molecule has 1 aromatic carbocycles. The Morgan fingerprint density at radius 2 is 2.00 bits per heavy atom. The number of halogens is 2. The molecule has 0 heterocycles. The van der Waals surface area contributed by atoms with Gasteiger partial charge in [0, 0.05) is 0 Å². The molecule has 0 saturated heterocycles. The molecule has 1 aromatic rings. The van der Waals surface area contributed by atoms with Crippen LogP contribution in [0.1, 0.15) is 6.92 Å². The number of hydrogen-bond acceptors (Lipinski definition) is 3. The summed E-state index contributed by atoms with van der Waals surface area (Å²) in [6.45, 7) is 1.43. The van der Waals surface area contributed by atoms with Gasteiger partial charge < -0.3 is 4.74 Å². The Hall–Kier alpha value is -1.67. The lowest BCUT2D eigenvalue weighted by Gasteiger charge is -2.21. The first-order chi connectivity index (χ1) is 7.52. The first kappa shape index (κ1) is 12.4. The maximum atomic E-state index is 13.2. The minimum atomic E-state index is -0.977. The van der Waals surface area contributed by atoms with Crippen molar-refractivity contribution in [1.29, 1.82) is 5.26 Å². The second-order valence-corrected chi connectivity index (χ2v) is 3.53. The summed E-state index contributed by atoms with van der Waals surface area (Å²) in [5.74, 6) is -2.02. The fraction of sp³-hybridized carbons (Fsp3) is 0.364. The molecule has 16 heavy (non-hydrogen) atoms. The predicted molar refractivity (Wildman–Crippen MR) is 54.9 cm³/mol. The van der Waals surface area contributed by atoms with Gasteiger partial charge in [-0.05, 0) is 26.1 Å². The fourth-order valence-electron chi connectivity index (χ4n) is 0.997. The molecule has 5 heteroatoms. The summed E-state index contributed by atoms with van der Waals surface area (Å²) in [5, 5.41) is 11.5. The van der Waals surface area contributed by atoms with Crippen molar-refractivity contribution in [1.82, 2.24) is 5.32 Å². The molecule has 0 aliphatic carbocycles. The topological polar surface area (TPSA) is 45.0 Å². The third-order valence-corrected chi connectivity index (χ3v) is 2.22. The van der Waals surface area contributed by atoms with Crippen LogP contribution in [0.5, 0.6) is 5.75 Å². The van der Waals surface area contributed by atoms with E-state index in [1.165, 1.54) is 6.07 Å². The van der Waals surface area contributed by atoms with Gasteiger partial charge in [0.1, 0.15) is 12.1 Å². The number of para-hydroxylation sites is 1. The third kappa shape index (κ3) is 2.67. The number of nitriles is 1. The van der Waals surface area contributed by atoms with Crippen LogP contribution in [-0.4, -0.2) is 19.2 Å². The van der Waals surface area contributed by atoms with E-state index >= 15 is 0 Å². The van der Waals surface area contributed by atoms with E-state index in [-0.39, 0.29) is 6.61 Å². The van der Waals surface area contributed by atoms with E-state index in [9.17, 15) is 8.78 Å². The van der Waals surface area contributed by atoms with Crippen LogP contribution >= 0.6 is 0 Å². The minimum Gasteiger partial charge on any atom is -0.485 e. The lowest BCUT2D eigenvalue weighted by atomic mass is 10.1. The highest BCUT2D eigenvalue weighted by atomic mass is 19.1. The fourth-order valence-corrected chi connectivity index (χ4v) is 0.997. The summed E-state index contributed by atoms with van der Waals surface area (Å²) in [6.07, 6.45) is 0. The van der Waals surface area contributed by atoms with Gasteiger partial charge in [0.15, 0.2) is 17.4 Å². The van der Waals surface area contributed by atoms with E-state index in [4.69, 9.17) is 10.00 Å². The second-order valence-electron chi connectivity index (χ2n) is 3.53. The van der Waals surface area contributed by atoms with Crippen molar-refractivity contribution in [2.75, 3.05) is 13.7 Å². The maximum Gasteiger partial charge on any atom is 0.190 e. The summed E-state index contributed by atoms with van der Waals surface area (Å²) in [6, 6.07) is 5.40. The second kappa shape index (κ2) is 4.90. The molecular formula is C11H12F2N2O. The van der Waals surface area contributed by atoms with Crippen LogP contribution in [0.3, 0.4) is 0 Å². The molecule has 3 nitrogen and oxygen atoms in total. The van der Waals surface area contributed by atoms with Crippen LogP contribution < -0.4 is 10.1 Å². The highest BCUT2D eigenvalue weighted by molar-refractivity contribution is 5.26. The quantitative estimate of drug-likeness (QED) is 0.852. The Labute approximate surface area is 92.6 Å². The van der Waals surface area contributed by atoms with Crippen molar-refractivity contribution < 1.29 is 13.5 Å². The zero-order chi connectivity index (χ0) is 12.2. The van der Waals surface area contributed by atoms with E-state index in [2.05, 4.69) is 5.32 Å². The van der Waals surface area contributed by atoms with Gasteiger partial charge in [0.05, 0.1) is 6.07 Å². The van der Waals surface area contributed by atoms with Crippen LogP contribution in [0.4, 0.5) is 8.78 Å². The smallest absolute Gasteiger partial charge is 0.190 e. The average Bonchev–Trinajstić information content (AvgIpc) is 2.28. The van der Waals surface area contributed by atoms with Gasteiger partial charge in [0.2, 0.25) is 0 Å². The van der Waals surface area contributed by atoms with Crippen LogP contribution in [0.15, 0.2) is 18.2 Å². The van der Waals surface area contributed by atoms with Crippen molar-refractivity contribution in [3.05, 3.63) is 29.8 Å². The Balaban J connectivity index is 2.80. The normalized spacial score (nSPS) is 13.9. The summed E-state index contributed by atoms with van der Waals surface area (Å²) in [5.41, 5.74) is -0.977. The maximum absolute atomic E-state index is 13.2. The first-order valence-corrected chi connectivity index (χ1v) is 4.69. The summed E-state index contributed by atoms with van der Waals surface area (Å²) < 4.78 is 31.3. The number of hydrogen-bond donors (Lipinski definition) is 1. The minimum absolute atomic E-state index is 0.141. The molecule has 0 fully saturated rings. The van der Waals surface area contributed by atoms with E-state index in [0.29, 0.717) is 0 Å². The Morgan fingerprint density at radius 1 is 1.44 bits per heavy atom. The Morgan fingerprint density at radius 3 is 2.44 bits per heavy atom. The van der Waals surface area contributed by atoms with E-state index < -0.39 is 22.9 Å². The molecule has 0 amide bonds. The van der Waals surface area contributed by atoms with E-state index in [1.54, 1.807) is 14.0 Å². The summed E-state index contributed by atoms with van der Waals surface area (Å²) in [7, 11) is 1.57. The summed E-state index contributed by atoms with van der Waals surface area (Å²) >= 11 is 0. The van der Waals surface area contributed by atoms with E-state index in [1.807, 2.05) is 6.07 Å². The van der Waals surface area contributed by atoms with Crippen molar-refractivity contribution in [3.63, 3.8) is 0 Å². The standard InChI is InChI=1S/C11H12F2N2O/c1-11(6-14,15-2)7-16-10-8(12)4-3-5-9(10)13/h3-5,15H,7H2,1-2H3. The molecule has 1 N–H and O–H groups in total. The zero-order valence-electron chi connectivity index (χ0n) is 9.05. The zero-order valence-corrected chi connectivity index (χ0v) is 9.05. The van der Waals surface area contributed by atoms with Gasteiger partial charge in [-0.25, -0.2) is 8.78 Å².